The van der Waals surface area contributed by atoms with Crippen LogP contribution >= 0.6 is 0 Å². The van der Waals surface area contributed by atoms with Gasteiger partial charge in [0.25, 0.3) is 0 Å². The quantitative estimate of drug-likeness (QED) is 0.658. The van der Waals surface area contributed by atoms with Gasteiger partial charge >= 0.3 is 0 Å². The maximum absolute atomic E-state index is 5.59. The second-order valence-electron chi connectivity index (χ2n) is 4.79. The molecule has 0 N–H and O–H groups in total. The van der Waals surface area contributed by atoms with Crippen LogP contribution in [0.3, 0.4) is 0 Å². The molecule has 0 aliphatic carbocycles. The predicted molar refractivity (Wildman–Crippen MR) is 84.8 cm³/mol. The van der Waals surface area contributed by atoms with E-state index in [1.165, 1.54) is 10.9 Å². The fourth-order valence-electron chi connectivity index (χ4n) is 2.46. The average molecular weight is 291 g/mol. The highest BCUT2D eigenvalue weighted by molar-refractivity contribution is 5.81. The van der Waals surface area contributed by atoms with E-state index in [1.54, 1.807) is 0 Å². The number of nitrogens with zero attached hydrogens (tertiary/aromatic N) is 1. The Morgan fingerprint density at radius 3 is 2.43 bits per heavy atom. The number of fused-ring (bicyclic) bond motifs is 1. The van der Waals surface area contributed by atoms with Gasteiger partial charge in [-0.25, -0.2) is 0 Å². The first-order valence-corrected chi connectivity index (χ1v) is 7.73. The molecule has 1 aromatic carbocycles. The summed E-state index contributed by atoms with van der Waals surface area (Å²) in [6, 6.07) is 8.33. The van der Waals surface area contributed by atoms with Gasteiger partial charge in [0.2, 0.25) is 0 Å². The SMILES string of the molecule is CCOc1ccc2c(ccn2CCC(OCC)OCC)c1. The van der Waals surface area contributed by atoms with E-state index < -0.39 is 0 Å². The van der Waals surface area contributed by atoms with Crippen LogP contribution in [0.4, 0.5) is 0 Å². The van der Waals surface area contributed by atoms with E-state index in [1.807, 2.05) is 26.8 Å². The molecular formula is C17H25NO3. The Kier molecular flexibility index (Phi) is 6.08. The Morgan fingerprint density at radius 1 is 1.00 bits per heavy atom. The largest absolute Gasteiger partial charge is 0.494 e. The van der Waals surface area contributed by atoms with E-state index in [2.05, 4.69) is 29.0 Å². The smallest absolute Gasteiger partial charge is 0.159 e. The molecule has 0 unspecified atom stereocenters. The average Bonchev–Trinajstić information content (AvgIpc) is 2.88. The Bertz CT molecular complexity index is 544. The van der Waals surface area contributed by atoms with Gasteiger partial charge in [-0.05, 0) is 45.0 Å². The summed E-state index contributed by atoms with van der Waals surface area (Å²) in [5.41, 5.74) is 1.21. The fraction of sp³-hybridized carbons (Fsp3) is 0.529. The molecule has 0 saturated heterocycles. The lowest BCUT2D eigenvalue weighted by molar-refractivity contribution is -0.140. The molecule has 0 amide bonds. The lowest BCUT2D eigenvalue weighted by atomic mass is 10.2. The Balaban J connectivity index is 2.04. The van der Waals surface area contributed by atoms with Gasteiger partial charge in [-0.15, -0.1) is 0 Å². The number of rotatable bonds is 9. The monoisotopic (exact) mass is 291 g/mol. The summed E-state index contributed by atoms with van der Waals surface area (Å²) in [5, 5.41) is 1.20. The Labute approximate surface area is 126 Å². The fourth-order valence-corrected chi connectivity index (χ4v) is 2.46. The zero-order valence-electron chi connectivity index (χ0n) is 13.2. The van der Waals surface area contributed by atoms with Crippen LogP contribution < -0.4 is 4.74 Å². The third-order valence-electron chi connectivity index (χ3n) is 3.36. The zero-order chi connectivity index (χ0) is 15.1. The Hall–Kier alpha value is -1.52. The molecule has 1 aromatic heterocycles. The molecule has 0 aliphatic rings. The molecule has 0 atom stereocenters. The minimum absolute atomic E-state index is 0.125. The number of benzene rings is 1. The normalized spacial score (nSPS) is 11.4. The van der Waals surface area contributed by atoms with Gasteiger partial charge in [0, 0.05) is 43.3 Å². The first-order chi connectivity index (χ1) is 10.3. The van der Waals surface area contributed by atoms with Crippen LogP contribution in [0, 0.1) is 0 Å². The van der Waals surface area contributed by atoms with Crippen molar-refractivity contribution in [2.45, 2.75) is 40.0 Å². The molecule has 2 aromatic rings. The minimum Gasteiger partial charge on any atom is -0.494 e. The molecular weight excluding hydrogens is 266 g/mol. The van der Waals surface area contributed by atoms with Crippen molar-refractivity contribution in [3.63, 3.8) is 0 Å². The molecule has 0 saturated carbocycles. The number of hydrogen-bond acceptors (Lipinski definition) is 3. The standard InChI is InChI=1S/C17H25NO3/c1-4-19-15-7-8-16-14(13-15)9-11-18(16)12-10-17(20-5-2)21-6-3/h7-9,11,13,17H,4-6,10,12H2,1-3H3. The van der Waals surface area contributed by atoms with E-state index >= 15 is 0 Å². The number of aromatic nitrogens is 1. The summed E-state index contributed by atoms with van der Waals surface area (Å²) in [5.74, 6) is 0.921. The first-order valence-electron chi connectivity index (χ1n) is 7.73. The molecule has 0 spiro atoms. The van der Waals surface area contributed by atoms with E-state index in [-0.39, 0.29) is 6.29 Å². The van der Waals surface area contributed by atoms with Crippen LogP contribution in [-0.2, 0) is 16.0 Å². The third-order valence-corrected chi connectivity index (χ3v) is 3.36. The van der Waals surface area contributed by atoms with Crippen LogP contribution in [0.5, 0.6) is 5.75 Å². The molecule has 2 rings (SSSR count). The van der Waals surface area contributed by atoms with Crippen LogP contribution in [0.15, 0.2) is 30.5 Å². The van der Waals surface area contributed by atoms with Gasteiger partial charge < -0.3 is 18.8 Å². The molecule has 0 fully saturated rings. The van der Waals surface area contributed by atoms with E-state index in [4.69, 9.17) is 14.2 Å². The van der Waals surface area contributed by atoms with E-state index in [9.17, 15) is 0 Å². The summed E-state index contributed by atoms with van der Waals surface area (Å²) in [7, 11) is 0. The maximum Gasteiger partial charge on any atom is 0.159 e. The van der Waals surface area contributed by atoms with Crippen molar-refractivity contribution in [3.05, 3.63) is 30.5 Å². The molecule has 4 nitrogen and oxygen atoms in total. The summed E-state index contributed by atoms with van der Waals surface area (Å²) in [6.07, 6.45) is 2.83. The highest BCUT2D eigenvalue weighted by Gasteiger charge is 2.09. The predicted octanol–water partition coefficient (Wildman–Crippen LogP) is 3.83. The van der Waals surface area contributed by atoms with Crippen LogP contribution in [0.1, 0.15) is 27.2 Å². The molecule has 0 aliphatic heterocycles. The van der Waals surface area contributed by atoms with Gasteiger partial charge in [-0.2, -0.15) is 0 Å². The lowest BCUT2D eigenvalue weighted by Gasteiger charge is -2.17. The summed E-state index contributed by atoms with van der Waals surface area (Å²) in [4.78, 5) is 0. The van der Waals surface area contributed by atoms with Gasteiger partial charge in [0.05, 0.1) is 6.61 Å². The zero-order valence-corrected chi connectivity index (χ0v) is 13.2. The molecule has 4 heteroatoms. The van der Waals surface area contributed by atoms with Crippen molar-refractivity contribution >= 4 is 10.9 Å². The lowest BCUT2D eigenvalue weighted by Crippen LogP contribution is -2.19. The summed E-state index contributed by atoms with van der Waals surface area (Å²) < 4.78 is 18.9. The topological polar surface area (TPSA) is 32.6 Å². The number of ether oxygens (including phenoxy) is 3. The van der Waals surface area contributed by atoms with Crippen molar-refractivity contribution in [1.82, 2.24) is 4.57 Å². The number of aryl methyl sites for hydroxylation is 1. The van der Waals surface area contributed by atoms with Crippen LogP contribution in [0.25, 0.3) is 10.9 Å². The highest BCUT2D eigenvalue weighted by atomic mass is 16.7. The van der Waals surface area contributed by atoms with E-state index in [0.717, 1.165) is 18.7 Å². The Morgan fingerprint density at radius 2 is 1.76 bits per heavy atom. The molecule has 1 heterocycles. The van der Waals surface area contributed by atoms with Crippen molar-refractivity contribution in [1.29, 1.82) is 0 Å². The second-order valence-corrected chi connectivity index (χ2v) is 4.79. The highest BCUT2D eigenvalue weighted by Crippen LogP contribution is 2.22. The summed E-state index contributed by atoms with van der Waals surface area (Å²) >= 11 is 0. The van der Waals surface area contributed by atoms with Gasteiger partial charge in [0.15, 0.2) is 6.29 Å². The second kappa shape index (κ2) is 8.05. The van der Waals surface area contributed by atoms with Crippen LogP contribution in [0.2, 0.25) is 0 Å². The van der Waals surface area contributed by atoms with Gasteiger partial charge in [0.1, 0.15) is 5.75 Å². The van der Waals surface area contributed by atoms with Crippen molar-refractivity contribution in [2.24, 2.45) is 0 Å². The van der Waals surface area contributed by atoms with Crippen molar-refractivity contribution in [2.75, 3.05) is 19.8 Å². The van der Waals surface area contributed by atoms with Crippen molar-refractivity contribution < 1.29 is 14.2 Å². The summed E-state index contributed by atoms with van der Waals surface area (Å²) in [6.45, 7) is 8.90. The minimum atomic E-state index is -0.125. The van der Waals surface area contributed by atoms with E-state index in [0.29, 0.717) is 19.8 Å². The number of hydrogen-bond donors (Lipinski definition) is 0. The van der Waals surface area contributed by atoms with Gasteiger partial charge in [-0.3, -0.25) is 0 Å². The molecule has 116 valence electrons. The van der Waals surface area contributed by atoms with Crippen molar-refractivity contribution in [3.8, 4) is 5.75 Å². The molecule has 0 radical (unpaired) electrons. The molecule has 0 bridgehead atoms. The first kappa shape index (κ1) is 15.9. The third kappa shape index (κ3) is 4.22. The van der Waals surface area contributed by atoms with Gasteiger partial charge in [-0.1, -0.05) is 0 Å². The molecule has 21 heavy (non-hydrogen) atoms. The van der Waals surface area contributed by atoms with Crippen LogP contribution in [-0.4, -0.2) is 30.7 Å². The maximum atomic E-state index is 5.59.